The van der Waals surface area contributed by atoms with E-state index in [9.17, 15) is 19.1 Å². The van der Waals surface area contributed by atoms with Crippen LogP contribution in [0.1, 0.15) is 17.9 Å². The Morgan fingerprint density at radius 2 is 1.62 bits per heavy atom. The van der Waals surface area contributed by atoms with E-state index >= 15 is 0 Å². The van der Waals surface area contributed by atoms with E-state index in [1.54, 1.807) is 0 Å². The maximum absolute atomic E-state index is 13.0. The number of hydrogen-bond donors (Lipinski definition) is 2. The number of hydrogen-bond acceptors (Lipinski definition) is 2. The van der Waals surface area contributed by atoms with Gasteiger partial charge in [0.1, 0.15) is 5.82 Å². The van der Waals surface area contributed by atoms with Gasteiger partial charge in [-0.3, -0.25) is 9.59 Å². The zero-order valence-electron chi connectivity index (χ0n) is 12.0. The molecule has 0 saturated carbocycles. The molecule has 0 fully saturated rings. The molecule has 0 aliphatic carbocycles. The standard InChI is InChI=1S/C16H11Cl3FNO3/c17-11-6-13(19)14(7-12(11)18)21-15(22)5-10(16(23)24)8-1-3-9(20)4-2-8/h1-4,6-7,10H,5H2,(H,21,22)(H,23,24)/t10-/m0/s1. The first-order chi connectivity index (χ1) is 11.3. The maximum atomic E-state index is 13.0. The number of benzene rings is 2. The van der Waals surface area contributed by atoms with Crippen LogP contribution in [0.5, 0.6) is 0 Å². The number of amides is 1. The molecule has 2 aromatic carbocycles. The topological polar surface area (TPSA) is 66.4 Å². The molecule has 0 aliphatic heterocycles. The maximum Gasteiger partial charge on any atom is 0.311 e. The number of carboxylic acid groups (broad SMARTS) is 1. The van der Waals surface area contributed by atoms with Crippen molar-refractivity contribution in [3.05, 3.63) is 62.8 Å². The van der Waals surface area contributed by atoms with E-state index in [-0.39, 0.29) is 27.2 Å². The van der Waals surface area contributed by atoms with E-state index in [2.05, 4.69) is 5.32 Å². The first-order valence-corrected chi connectivity index (χ1v) is 7.84. The molecule has 0 aromatic heterocycles. The van der Waals surface area contributed by atoms with Gasteiger partial charge in [-0.2, -0.15) is 0 Å². The van der Waals surface area contributed by atoms with Crippen LogP contribution in [0.2, 0.25) is 15.1 Å². The minimum Gasteiger partial charge on any atom is -0.481 e. The Morgan fingerprint density at radius 1 is 1.04 bits per heavy atom. The molecule has 1 atom stereocenters. The van der Waals surface area contributed by atoms with Gasteiger partial charge in [-0.15, -0.1) is 0 Å². The van der Waals surface area contributed by atoms with E-state index in [0.717, 1.165) is 12.1 Å². The van der Waals surface area contributed by atoms with E-state index in [1.807, 2.05) is 0 Å². The van der Waals surface area contributed by atoms with Crippen LogP contribution in [0.4, 0.5) is 10.1 Å². The molecule has 126 valence electrons. The van der Waals surface area contributed by atoms with Gasteiger partial charge in [0.2, 0.25) is 5.91 Å². The Morgan fingerprint density at radius 3 is 2.21 bits per heavy atom. The van der Waals surface area contributed by atoms with Crippen LogP contribution >= 0.6 is 34.8 Å². The molecule has 2 rings (SSSR count). The van der Waals surface area contributed by atoms with E-state index < -0.39 is 23.6 Å². The summed E-state index contributed by atoms with van der Waals surface area (Å²) in [5.74, 6) is -3.38. The summed E-state index contributed by atoms with van der Waals surface area (Å²) in [7, 11) is 0. The lowest BCUT2D eigenvalue weighted by molar-refractivity contribution is -0.140. The monoisotopic (exact) mass is 389 g/mol. The molecular formula is C16H11Cl3FNO3. The van der Waals surface area contributed by atoms with Crippen LogP contribution in [-0.2, 0) is 9.59 Å². The highest BCUT2D eigenvalue weighted by Crippen LogP contribution is 2.32. The normalized spacial score (nSPS) is 11.8. The Balaban J connectivity index is 2.16. The average Bonchev–Trinajstić information content (AvgIpc) is 2.51. The third kappa shape index (κ3) is 4.60. The summed E-state index contributed by atoms with van der Waals surface area (Å²) in [6.45, 7) is 0. The zero-order valence-corrected chi connectivity index (χ0v) is 14.3. The lowest BCUT2D eigenvalue weighted by Crippen LogP contribution is -2.21. The molecule has 0 saturated heterocycles. The third-order valence-electron chi connectivity index (χ3n) is 3.24. The molecule has 0 aliphatic rings. The summed E-state index contributed by atoms with van der Waals surface area (Å²) < 4.78 is 13.0. The number of carbonyl (C=O) groups excluding carboxylic acids is 1. The zero-order chi connectivity index (χ0) is 17.9. The molecule has 0 heterocycles. The second-order valence-corrected chi connectivity index (χ2v) is 6.16. The molecule has 0 spiro atoms. The molecule has 0 unspecified atom stereocenters. The highest BCUT2D eigenvalue weighted by atomic mass is 35.5. The van der Waals surface area contributed by atoms with Crippen molar-refractivity contribution in [3.8, 4) is 0 Å². The minimum absolute atomic E-state index is 0.173. The molecular weight excluding hydrogens is 380 g/mol. The summed E-state index contributed by atoms with van der Waals surface area (Å²) in [5.41, 5.74) is 0.540. The molecule has 1 amide bonds. The van der Waals surface area contributed by atoms with Crippen LogP contribution in [-0.4, -0.2) is 17.0 Å². The van der Waals surface area contributed by atoms with Crippen molar-refractivity contribution in [2.75, 3.05) is 5.32 Å². The van der Waals surface area contributed by atoms with Crippen LogP contribution in [0.15, 0.2) is 36.4 Å². The Bertz CT molecular complexity index is 781. The lowest BCUT2D eigenvalue weighted by atomic mass is 9.95. The number of carbonyl (C=O) groups is 2. The molecule has 8 heteroatoms. The van der Waals surface area contributed by atoms with Gasteiger partial charge >= 0.3 is 5.97 Å². The Kier molecular flexibility index (Phi) is 6.04. The molecule has 4 nitrogen and oxygen atoms in total. The lowest BCUT2D eigenvalue weighted by Gasteiger charge is -2.14. The van der Waals surface area contributed by atoms with Crippen LogP contribution < -0.4 is 5.32 Å². The van der Waals surface area contributed by atoms with E-state index in [0.29, 0.717) is 5.56 Å². The molecule has 2 aromatic rings. The average molecular weight is 391 g/mol. The fourth-order valence-corrected chi connectivity index (χ4v) is 2.64. The van der Waals surface area contributed by atoms with Gasteiger partial charge in [-0.25, -0.2) is 4.39 Å². The smallest absolute Gasteiger partial charge is 0.311 e. The summed E-state index contributed by atoms with van der Waals surface area (Å²) in [6.07, 6.45) is -0.350. The first-order valence-electron chi connectivity index (χ1n) is 6.70. The van der Waals surface area contributed by atoms with Crippen LogP contribution in [0.3, 0.4) is 0 Å². The van der Waals surface area contributed by atoms with Crippen molar-refractivity contribution in [1.82, 2.24) is 0 Å². The van der Waals surface area contributed by atoms with Gasteiger partial charge in [-0.1, -0.05) is 46.9 Å². The van der Waals surface area contributed by atoms with Crippen LogP contribution in [0, 0.1) is 5.82 Å². The number of aliphatic carboxylic acids is 1. The van der Waals surface area contributed by atoms with Crippen molar-refractivity contribution in [2.24, 2.45) is 0 Å². The Hall–Kier alpha value is -1.82. The van der Waals surface area contributed by atoms with Crippen molar-refractivity contribution in [2.45, 2.75) is 12.3 Å². The number of rotatable bonds is 5. The van der Waals surface area contributed by atoms with Gasteiger partial charge in [0.05, 0.1) is 26.7 Å². The van der Waals surface area contributed by atoms with E-state index in [4.69, 9.17) is 34.8 Å². The summed E-state index contributed by atoms with van der Waals surface area (Å²) in [5, 5.41) is 12.4. The summed E-state index contributed by atoms with van der Waals surface area (Å²) in [4.78, 5) is 23.5. The van der Waals surface area contributed by atoms with Gasteiger partial charge < -0.3 is 10.4 Å². The van der Waals surface area contributed by atoms with Crippen LogP contribution in [0.25, 0.3) is 0 Å². The minimum atomic E-state index is -1.20. The molecule has 0 radical (unpaired) electrons. The number of carboxylic acids is 1. The predicted molar refractivity (Wildman–Crippen MR) is 91.5 cm³/mol. The Labute approximate surface area is 152 Å². The predicted octanol–water partition coefficient (Wildman–Crippen LogP) is 4.98. The highest BCUT2D eigenvalue weighted by molar-refractivity contribution is 6.44. The molecule has 24 heavy (non-hydrogen) atoms. The van der Waals surface area contributed by atoms with Crippen molar-refractivity contribution in [3.63, 3.8) is 0 Å². The largest absolute Gasteiger partial charge is 0.481 e. The number of anilines is 1. The fourth-order valence-electron chi connectivity index (χ4n) is 2.05. The summed E-state index contributed by atoms with van der Waals surface area (Å²) >= 11 is 17.6. The second-order valence-electron chi connectivity index (χ2n) is 4.94. The first kappa shape index (κ1) is 18.5. The molecule has 2 N–H and O–H groups in total. The fraction of sp³-hybridized carbons (Fsp3) is 0.125. The van der Waals surface area contributed by atoms with Gasteiger partial charge in [0, 0.05) is 6.42 Å². The number of halogens is 4. The van der Waals surface area contributed by atoms with Crippen molar-refractivity contribution in [1.29, 1.82) is 0 Å². The number of nitrogens with one attached hydrogen (secondary N) is 1. The van der Waals surface area contributed by atoms with Crippen molar-refractivity contribution >= 4 is 52.4 Å². The van der Waals surface area contributed by atoms with Gasteiger partial charge in [-0.05, 0) is 29.8 Å². The highest BCUT2D eigenvalue weighted by Gasteiger charge is 2.24. The third-order valence-corrected chi connectivity index (χ3v) is 4.28. The second kappa shape index (κ2) is 7.83. The summed E-state index contributed by atoms with van der Waals surface area (Å²) in [6, 6.07) is 7.67. The van der Waals surface area contributed by atoms with Crippen molar-refractivity contribution < 1.29 is 19.1 Å². The molecule has 0 bridgehead atoms. The van der Waals surface area contributed by atoms with E-state index in [1.165, 1.54) is 24.3 Å². The quantitative estimate of drug-likeness (QED) is 0.707. The van der Waals surface area contributed by atoms with Gasteiger partial charge in [0.15, 0.2) is 0 Å². The SMILES string of the molecule is O=C(C[C@H](C(=O)O)c1ccc(F)cc1)Nc1cc(Cl)c(Cl)cc1Cl. The van der Waals surface area contributed by atoms with Gasteiger partial charge in [0.25, 0.3) is 0 Å².